The fraction of sp³-hybridized carbons (Fsp3) is 0.0526. The Bertz CT molecular complexity index is 887. The van der Waals surface area contributed by atoms with Gasteiger partial charge in [0.2, 0.25) is 0 Å². The molecule has 0 bridgehead atoms. The van der Waals surface area contributed by atoms with Crippen LogP contribution in [0.15, 0.2) is 80.3 Å². The van der Waals surface area contributed by atoms with Crippen molar-refractivity contribution in [1.29, 1.82) is 0 Å². The summed E-state index contributed by atoms with van der Waals surface area (Å²) >= 11 is 4.63. The summed E-state index contributed by atoms with van der Waals surface area (Å²) in [7, 11) is 1.28. The van der Waals surface area contributed by atoms with E-state index < -0.39 is 5.97 Å². The van der Waals surface area contributed by atoms with Gasteiger partial charge in [-0.25, -0.2) is 9.79 Å². The Morgan fingerprint density at radius 3 is 2.48 bits per heavy atom. The molecule has 25 heavy (non-hydrogen) atoms. The van der Waals surface area contributed by atoms with E-state index in [1.165, 1.54) is 18.9 Å². The van der Waals surface area contributed by atoms with Gasteiger partial charge in [-0.3, -0.25) is 0 Å². The van der Waals surface area contributed by atoms with Gasteiger partial charge in [0.25, 0.3) is 0 Å². The minimum atomic E-state index is -0.612. The van der Waals surface area contributed by atoms with Crippen LogP contribution < -0.4 is 0 Å². The molecule has 6 heteroatoms. The maximum atomic E-state index is 12.1. The van der Waals surface area contributed by atoms with Crippen LogP contribution in [0.2, 0.25) is 0 Å². The highest BCUT2D eigenvalue weighted by Gasteiger charge is 2.32. The molecule has 0 saturated heterocycles. The van der Waals surface area contributed by atoms with E-state index in [9.17, 15) is 9.90 Å². The number of benzene rings is 2. The van der Waals surface area contributed by atoms with E-state index in [1.54, 1.807) is 0 Å². The Morgan fingerprint density at radius 2 is 1.84 bits per heavy atom. The van der Waals surface area contributed by atoms with Gasteiger partial charge in [0, 0.05) is 4.47 Å². The molecule has 0 saturated carbocycles. The molecule has 0 radical (unpaired) electrons. The summed E-state index contributed by atoms with van der Waals surface area (Å²) in [4.78, 5) is 17.1. The highest BCUT2D eigenvalue weighted by molar-refractivity contribution is 9.10. The average Bonchev–Trinajstić information content (AvgIpc) is 2.92. The van der Waals surface area contributed by atoms with Crippen molar-refractivity contribution < 1.29 is 14.6 Å². The highest BCUT2D eigenvalue weighted by Crippen LogP contribution is 2.40. The summed E-state index contributed by atoms with van der Waals surface area (Å²) in [5.41, 5.74) is 1.69. The molecule has 2 aromatic carbocycles. The quantitative estimate of drug-likeness (QED) is 0.695. The lowest BCUT2D eigenvalue weighted by Crippen LogP contribution is -2.10. The van der Waals surface area contributed by atoms with Crippen molar-refractivity contribution in [2.45, 2.75) is 0 Å². The fourth-order valence-electron chi connectivity index (χ4n) is 2.22. The lowest BCUT2D eigenvalue weighted by Gasteiger charge is -2.01. The van der Waals surface area contributed by atoms with Gasteiger partial charge in [-0.1, -0.05) is 58.0 Å². The Labute approximate surface area is 158 Å². The third-order valence-electron chi connectivity index (χ3n) is 3.43. The van der Waals surface area contributed by atoms with Crippen LogP contribution in [-0.2, 0) is 9.53 Å². The van der Waals surface area contributed by atoms with E-state index in [0.29, 0.717) is 15.6 Å². The van der Waals surface area contributed by atoms with E-state index in [0.717, 1.165) is 10.0 Å². The normalized spacial score (nSPS) is 17.4. The second-order valence-corrected chi connectivity index (χ2v) is 7.08. The summed E-state index contributed by atoms with van der Waals surface area (Å²) in [5.74, 6) is -0.728. The fourth-order valence-corrected chi connectivity index (χ4v) is 3.52. The monoisotopic (exact) mass is 415 g/mol. The summed E-state index contributed by atoms with van der Waals surface area (Å²) < 4.78 is 5.77. The molecule has 4 nitrogen and oxygen atoms in total. The number of carbonyl (C=O) groups excluding carboxylic acids is 1. The molecule has 0 fully saturated rings. The first kappa shape index (κ1) is 17.5. The number of aliphatic hydroxyl groups is 1. The zero-order chi connectivity index (χ0) is 17.8. The zero-order valence-corrected chi connectivity index (χ0v) is 15.7. The summed E-state index contributed by atoms with van der Waals surface area (Å²) in [6.45, 7) is 0. The molecule has 1 aliphatic heterocycles. The van der Waals surface area contributed by atoms with Crippen LogP contribution >= 0.6 is 27.7 Å². The smallest absolute Gasteiger partial charge is 0.344 e. The molecule has 1 heterocycles. The number of hydrogen-bond donors (Lipinski definition) is 1. The van der Waals surface area contributed by atoms with Crippen LogP contribution in [-0.4, -0.2) is 23.2 Å². The molecule has 0 aromatic heterocycles. The number of ether oxygens (including phenoxy) is 1. The Balaban J connectivity index is 2.03. The van der Waals surface area contributed by atoms with Gasteiger partial charge in [-0.2, -0.15) is 0 Å². The molecule has 3 rings (SSSR count). The number of carbonyl (C=O) groups is 1. The van der Waals surface area contributed by atoms with Gasteiger partial charge in [0.05, 0.1) is 17.7 Å². The molecule has 2 aromatic rings. The Morgan fingerprint density at radius 1 is 1.16 bits per heavy atom. The van der Waals surface area contributed by atoms with Crippen molar-refractivity contribution in [3.8, 4) is 0 Å². The summed E-state index contributed by atoms with van der Waals surface area (Å²) in [5, 5.41) is 10.9. The van der Waals surface area contributed by atoms with Gasteiger partial charge in [-0.15, -0.1) is 0 Å². The molecule has 1 N–H and O–H groups in total. The molecular weight excluding hydrogens is 402 g/mol. The van der Waals surface area contributed by atoms with Gasteiger partial charge in [-0.05, 0) is 35.9 Å². The van der Waals surface area contributed by atoms with Crippen LogP contribution in [0.25, 0.3) is 6.08 Å². The van der Waals surface area contributed by atoms with Gasteiger partial charge < -0.3 is 9.84 Å². The molecule has 0 aliphatic carbocycles. The number of nitrogens with zero attached hydrogens (tertiary/aromatic N) is 1. The minimum Gasteiger partial charge on any atom is -0.506 e. The number of hydrogen-bond acceptors (Lipinski definition) is 5. The number of esters is 1. The second-order valence-electron chi connectivity index (χ2n) is 5.13. The first-order valence-corrected chi connectivity index (χ1v) is 9.00. The number of thioether (sulfide) groups is 1. The SMILES string of the molecule is COC(=O)C1=C(O)/C(=C\c2ccc(Br)cc2)SC1=Nc1ccccc1. The number of methoxy groups -OCH3 is 1. The van der Waals surface area contributed by atoms with E-state index in [2.05, 4.69) is 20.9 Å². The molecule has 126 valence electrons. The van der Waals surface area contributed by atoms with Crippen molar-refractivity contribution >= 4 is 50.5 Å². The molecule has 0 spiro atoms. The molecular formula is C19H14BrNO3S. The van der Waals surface area contributed by atoms with E-state index in [4.69, 9.17) is 4.74 Å². The maximum absolute atomic E-state index is 12.1. The highest BCUT2D eigenvalue weighted by atomic mass is 79.9. The summed E-state index contributed by atoms with van der Waals surface area (Å²) in [6.07, 6.45) is 1.81. The Hall–Kier alpha value is -2.31. The topological polar surface area (TPSA) is 58.9 Å². The summed E-state index contributed by atoms with van der Waals surface area (Å²) in [6, 6.07) is 16.9. The third kappa shape index (κ3) is 4.03. The van der Waals surface area contributed by atoms with Crippen molar-refractivity contribution in [1.82, 2.24) is 0 Å². The second kappa shape index (κ2) is 7.72. The Kier molecular flexibility index (Phi) is 5.40. The number of aliphatic hydroxyl groups excluding tert-OH is 1. The van der Waals surface area contributed by atoms with Crippen molar-refractivity contribution in [3.63, 3.8) is 0 Å². The maximum Gasteiger partial charge on any atom is 0.344 e. The standard InChI is InChI=1S/C19H14BrNO3S/c1-24-19(23)16-17(22)15(11-12-7-9-13(20)10-8-12)25-18(16)21-14-5-3-2-4-6-14/h2-11,22H,1H3/b15-11+,21-18?. The minimum absolute atomic E-state index is 0.0831. The van der Waals surface area contributed by atoms with Crippen LogP contribution in [0.3, 0.4) is 0 Å². The van der Waals surface area contributed by atoms with Crippen LogP contribution in [0, 0.1) is 0 Å². The van der Waals surface area contributed by atoms with Crippen molar-refractivity contribution in [3.05, 3.63) is 80.9 Å². The first-order valence-electron chi connectivity index (χ1n) is 7.39. The van der Waals surface area contributed by atoms with Crippen LogP contribution in [0.5, 0.6) is 0 Å². The zero-order valence-electron chi connectivity index (χ0n) is 13.3. The third-order valence-corrected chi connectivity index (χ3v) is 4.98. The van der Waals surface area contributed by atoms with Gasteiger partial charge >= 0.3 is 5.97 Å². The predicted molar refractivity (Wildman–Crippen MR) is 105 cm³/mol. The van der Waals surface area contributed by atoms with Crippen LogP contribution in [0.1, 0.15) is 5.56 Å². The average molecular weight is 416 g/mol. The lowest BCUT2D eigenvalue weighted by atomic mass is 10.1. The lowest BCUT2D eigenvalue weighted by molar-refractivity contribution is -0.135. The van der Waals surface area contributed by atoms with Gasteiger partial charge in [0.15, 0.2) is 0 Å². The van der Waals surface area contributed by atoms with E-state index in [-0.39, 0.29) is 11.3 Å². The van der Waals surface area contributed by atoms with E-state index in [1.807, 2.05) is 60.7 Å². The molecule has 1 aliphatic rings. The van der Waals surface area contributed by atoms with Crippen molar-refractivity contribution in [2.75, 3.05) is 7.11 Å². The van der Waals surface area contributed by atoms with Crippen LogP contribution in [0.4, 0.5) is 5.69 Å². The number of para-hydroxylation sites is 1. The largest absolute Gasteiger partial charge is 0.506 e. The predicted octanol–water partition coefficient (Wildman–Crippen LogP) is 5.25. The van der Waals surface area contributed by atoms with Crippen molar-refractivity contribution in [2.24, 2.45) is 4.99 Å². The molecule has 0 unspecified atom stereocenters. The first-order chi connectivity index (χ1) is 12.1. The van der Waals surface area contributed by atoms with Gasteiger partial charge in [0.1, 0.15) is 16.4 Å². The number of rotatable bonds is 3. The molecule has 0 atom stereocenters. The molecule has 0 amide bonds. The van der Waals surface area contributed by atoms with E-state index >= 15 is 0 Å². The number of halogens is 1. The number of aliphatic imine (C=N–C) groups is 1.